The minimum atomic E-state index is -0.126. The fourth-order valence-electron chi connectivity index (χ4n) is 5.66. The number of hydrogen-bond acceptors (Lipinski definition) is 5. The molecule has 3 aromatic heterocycles. The highest BCUT2D eigenvalue weighted by Gasteiger charge is 2.35. The van der Waals surface area contributed by atoms with Gasteiger partial charge in [-0.3, -0.25) is 4.79 Å². The molecule has 0 amide bonds. The number of aromatic nitrogens is 3. The standard InChI is InChI=1S/C27H25N5OS/c33-27-24(26-29-21-3-1-2-4-22(21)30-26)25(28-23-14-32-10-7-16(23)8-11-32)19-13-17(5-6-20(19)31-27)18-9-12-34-15-18/h1-6,9,12-13,15-16,23H,7-8,10-11,14H2,(H,29,30)(H2,28,31,33). The Kier molecular flexibility index (Phi) is 4.60. The second-order valence-corrected chi connectivity index (χ2v) is 10.2. The van der Waals surface area contributed by atoms with Crippen LogP contribution in [0.1, 0.15) is 12.8 Å². The lowest BCUT2D eigenvalue weighted by Crippen LogP contribution is -2.53. The third-order valence-corrected chi connectivity index (χ3v) is 8.16. The molecule has 34 heavy (non-hydrogen) atoms. The Morgan fingerprint density at radius 3 is 2.65 bits per heavy atom. The molecule has 3 saturated heterocycles. The van der Waals surface area contributed by atoms with Gasteiger partial charge in [-0.1, -0.05) is 18.2 Å². The number of hydrogen-bond donors (Lipinski definition) is 3. The molecule has 2 aromatic carbocycles. The number of rotatable bonds is 4. The number of piperidine rings is 3. The molecule has 0 saturated carbocycles. The van der Waals surface area contributed by atoms with E-state index in [1.165, 1.54) is 31.5 Å². The number of aromatic amines is 2. The Morgan fingerprint density at radius 2 is 1.88 bits per heavy atom. The third-order valence-electron chi connectivity index (χ3n) is 7.48. The maximum atomic E-state index is 13.5. The summed E-state index contributed by atoms with van der Waals surface area (Å²) < 4.78 is 0. The smallest absolute Gasteiger partial charge is 0.261 e. The first-order valence-corrected chi connectivity index (χ1v) is 12.8. The summed E-state index contributed by atoms with van der Waals surface area (Å²) in [5.41, 5.74) is 6.31. The van der Waals surface area contributed by atoms with Crippen LogP contribution in [0.15, 0.2) is 64.1 Å². The van der Waals surface area contributed by atoms with Crippen LogP contribution in [0.25, 0.3) is 44.5 Å². The Balaban J connectivity index is 1.45. The van der Waals surface area contributed by atoms with Crippen molar-refractivity contribution in [3.05, 3.63) is 69.6 Å². The highest BCUT2D eigenvalue weighted by Crippen LogP contribution is 2.37. The van der Waals surface area contributed by atoms with Crippen molar-refractivity contribution < 1.29 is 0 Å². The van der Waals surface area contributed by atoms with Crippen LogP contribution in [-0.2, 0) is 0 Å². The molecule has 3 N–H and O–H groups in total. The average Bonchev–Trinajstić information content (AvgIpc) is 3.55. The number of pyridine rings is 1. The van der Waals surface area contributed by atoms with Gasteiger partial charge in [0.05, 0.1) is 22.2 Å². The van der Waals surface area contributed by atoms with Crippen LogP contribution < -0.4 is 10.9 Å². The van der Waals surface area contributed by atoms with Crippen LogP contribution in [0, 0.1) is 5.92 Å². The van der Waals surface area contributed by atoms with Crippen LogP contribution in [0.4, 0.5) is 5.69 Å². The predicted octanol–water partition coefficient (Wildman–Crippen LogP) is 5.31. The molecule has 3 fully saturated rings. The number of benzene rings is 2. The Hall–Kier alpha value is -3.42. The number of anilines is 1. The molecule has 6 nitrogen and oxygen atoms in total. The minimum Gasteiger partial charge on any atom is -0.379 e. The molecule has 170 valence electrons. The fourth-order valence-corrected chi connectivity index (χ4v) is 6.33. The molecule has 0 spiro atoms. The topological polar surface area (TPSA) is 76.8 Å². The normalized spacial score (nSPS) is 21.9. The van der Waals surface area contributed by atoms with E-state index >= 15 is 0 Å². The number of H-pyrrole nitrogens is 2. The van der Waals surface area contributed by atoms with Crippen molar-refractivity contribution in [2.24, 2.45) is 5.92 Å². The van der Waals surface area contributed by atoms with Gasteiger partial charge >= 0.3 is 0 Å². The van der Waals surface area contributed by atoms with Gasteiger partial charge in [0.25, 0.3) is 5.56 Å². The minimum absolute atomic E-state index is 0.126. The second kappa shape index (κ2) is 7.82. The summed E-state index contributed by atoms with van der Waals surface area (Å²) in [4.78, 5) is 27.3. The van der Waals surface area contributed by atoms with E-state index in [0.29, 0.717) is 23.3 Å². The van der Waals surface area contributed by atoms with Gasteiger partial charge in [0, 0.05) is 18.0 Å². The van der Waals surface area contributed by atoms with Crippen LogP contribution in [0.2, 0.25) is 0 Å². The van der Waals surface area contributed by atoms with E-state index in [-0.39, 0.29) is 5.56 Å². The predicted molar refractivity (Wildman–Crippen MR) is 140 cm³/mol. The molecule has 5 aromatic rings. The maximum Gasteiger partial charge on any atom is 0.261 e. The van der Waals surface area contributed by atoms with Crippen LogP contribution >= 0.6 is 11.3 Å². The summed E-state index contributed by atoms with van der Waals surface area (Å²) in [6.45, 7) is 3.37. The number of fused-ring (bicyclic) bond motifs is 5. The van der Waals surface area contributed by atoms with Gasteiger partial charge in [-0.05, 0) is 84.1 Å². The average molecular weight is 468 g/mol. The summed E-state index contributed by atoms with van der Waals surface area (Å²) in [5, 5.41) is 9.14. The van der Waals surface area contributed by atoms with Gasteiger partial charge in [0.1, 0.15) is 11.4 Å². The number of nitrogens with one attached hydrogen (secondary N) is 3. The van der Waals surface area contributed by atoms with Gasteiger partial charge < -0.3 is 20.2 Å². The van der Waals surface area contributed by atoms with Crippen LogP contribution in [-0.4, -0.2) is 45.5 Å². The van der Waals surface area contributed by atoms with Crippen molar-refractivity contribution in [3.63, 3.8) is 0 Å². The molecule has 1 unspecified atom stereocenters. The molecule has 1 atom stereocenters. The summed E-state index contributed by atoms with van der Waals surface area (Å²) in [5.74, 6) is 1.23. The van der Waals surface area contributed by atoms with Gasteiger partial charge in [0.2, 0.25) is 0 Å². The van der Waals surface area contributed by atoms with E-state index in [9.17, 15) is 4.79 Å². The highest BCUT2D eigenvalue weighted by atomic mass is 32.1. The summed E-state index contributed by atoms with van der Waals surface area (Å²) >= 11 is 1.69. The first-order chi connectivity index (χ1) is 16.7. The van der Waals surface area contributed by atoms with E-state index in [1.54, 1.807) is 11.3 Å². The van der Waals surface area contributed by atoms with Crippen molar-refractivity contribution in [1.29, 1.82) is 0 Å². The number of para-hydroxylation sites is 2. The van der Waals surface area contributed by atoms with Gasteiger partial charge in [-0.25, -0.2) is 4.98 Å². The molecule has 0 radical (unpaired) electrons. The van der Waals surface area contributed by atoms with E-state index in [0.717, 1.165) is 39.7 Å². The van der Waals surface area contributed by atoms with Crippen molar-refractivity contribution >= 4 is 39.0 Å². The molecule has 7 heteroatoms. The molecular weight excluding hydrogens is 442 g/mol. The SMILES string of the molecule is O=c1[nH]c2ccc(-c3ccsc3)cc2c(NC2CN3CCC2CC3)c1-c1nc2ccccc2[nH]1. The van der Waals surface area contributed by atoms with E-state index in [1.807, 2.05) is 30.3 Å². The number of imidazole rings is 1. The van der Waals surface area contributed by atoms with E-state index < -0.39 is 0 Å². The summed E-state index contributed by atoms with van der Waals surface area (Å²) in [6, 6.07) is 16.7. The first kappa shape index (κ1) is 20.0. The lowest BCUT2D eigenvalue weighted by Gasteiger charge is -2.45. The van der Waals surface area contributed by atoms with Gasteiger partial charge in [0.15, 0.2) is 0 Å². The zero-order chi connectivity index (χ0) is 22.6. The van der Waals surface area contributed by atoms with Crippen molar-refractivity contribution in [1.82, 2.24) is 19.9 Å². The molecular formula is C27H25N5OS. The second-order valence-electron chi connectivity index (χ2n) is 9.47. The van der Waals surface area contributed by atoms with Crippen molar-refractivity contribution in [2.75, 3.05) is 25.0 Å². The zero-order valence-electron chi connectivity index (χ0n) is 18.7. The largest absolute Gasteiger partial charge is 0.379 e. The Labute approximate surface area is 200 Å². The molecule has 3 aliphatic heterocycles. The van der Waals surface area contributed by atoms with Crippen molar-refractivity contribution in [2.45, 2.75) is 18.9 Å². The van der Waals surface area contributed by atoms with Gasteiger partial charge in [-0.2, -0.15) is 11.3 Å². The molecule has 6 heterocycles. The zero-order valence-corrected chi connectivity index (χ0v) is 19.5. The fraction of sp³-hybridized carbons (Fsp3) is 0.259. The molecule has 2 bridgehead atoms. The maximum absolute atomic E-state index is 13.5. The number of thiophene rings is 1. The third kappa shape index (κ3) is 3.27. The lowest BCUT2D eigenvalue weighted by molar-refractivity contribution is 0.0976. The summed E-state index contributed by atoms with van der Waals surface area (Å²) in [6.07, 6.45) is 2.41. The molecule has 0 aliphatic carbocycles. The summed E-state index contributed by atoms with van der Waals surface area (Å²) in [7, 11) is 0. The quantitative estimate of drug-likeness (QED) is 0.335. The van der Waals surface area contributed by atoms with Crippen LogP contribution in [0.3, 0.4) is 0 Å². The van der Waals surface area contributed by atoms with E-state index in [4.69, 9.17) is 4.98 Å². The van der Waals surface area contributed by atoms with Crippen molar-refractivity contribution in [3.8, 4) is 22.5 Å². The molecule has 8 rings (SSSR count). The highest BCUT2D eigenvalue weighted by molar-refractivity contribution is 7.08. The lowest BCUT2D eigenvalue weighted by atomic mass is 9.83. The monoisotopic (exact) mass is 467 g/mol. The first-order valence-electron chi connectivity index (χ1n) is 11.9. The molecule has 3 aliphatic rings. The van der Waals surface area contributed by atoms with Crippen LogP contribution in [0.5, 0.6) is 0 Å². The van der Waals surface area contributed by atoms with E-state index in [2.05, 4.69) is 49.1 Å². The van der Waals surface area contributed by atoms with Gasteiger partial charge in [-0.15, -0.1) is 0 Å². The Bertz CT molecular complexity index is 1530. The Morgan fingerprint density at radius 1 is 1.00 bits per heavy atom. The number of nitrogens with zero attached hydrogens (tertiary/aromatic N) is 2.